The zero-order chi connectivity index (χ0) is 29.5. The number of carbonyl (C=O) groups is 2. The van der Waals surface area contributed by atoms with Crippen molar-refractivity contribution in [1.29, 1.82) is 0 Å². The van der Waals surface area contributed by atoms with Crippen molar-refractivity contribution in [2.75, 3.05) is 12.9 Å². The fourth-order valence-electron chi connectivity index (χ4n) is 2.59. The molecule has 0 heterocycles. The highest BCUT2D eigenvalue weighted by Crippen LogP contribution is 2.18. The van der Waals surface area contributed by atoms with Crippen molar-refractivity contribution in [2.45, 2.75) is 76.4 Å². The first kappa shape index (κ1) is 32.9. The van der Waals surface area contributed by atoms with Crippen LogP contribution in [0.25, 0.3) is 0 Å². The number of aryl methyl sites for hydroxylation is 2. The van der Waals surface area contributed by atoms with Crippen LogP contribution >= 0.6 is 0 Å². The molecule has 12 heteroatoms. The minimum absolute atomic E-state index is 0.0615. The minimum Gasteiger partial charge on any atom is -0.444 e. The molecule has 1 N–H and O–H groups in total. The highest BCUT2D eigenvalue weighted by Gasteiger charge is 2.29. The van der Waals surface area contributed by atoms with Gasteiger partial charge in [-0.05, 0) is 79.7 Å². The number of hydrogen-bond acceptors (Lipinski definition) is 8. The number of hydrogen-bond donors (Lipinski definition) is 1. The second kappa shape index (κ2) is 12.6. The third-order valence-electron chi connectivity index (χ3n) is 4.52. The monoisotopic (exact) mass is 570 g/mol. The Bertz CT molecular complexity index is 1310. The van der Waals surface area contributed by atoms with Crippen LogP contribution in [0.3, 0.4) is 0 Å². The molecule has 0 aromatic heterocycles. The Morgan fingerprint density at radius 3 is 1.53 bits per heavy atom. The average Bonchev–Trinajstić information content (AvgIpc) is 2.76. The molecular weight excluding hydrogens is 532 g/mol. The standard InChI is InChI=1S/2C13H19NO4S/c1-10-6-8-11(9-7-10)19(16,17)14(5)12(15)18-13(2,3)4;1-10-5-7-11(8-6-10)19(16,17)9-14-12(15)18-13(2,3)4/h6-9H,1-5H3;5-8H,9H2,1-4H3,(H,14,15). The van der Waals surface area contributed by atoms with E-state index < -0.39 is 49.1 Å². The fraction of sp³-hybridized carbons (Fsp3) is 0.462. The molecule has 0 aliphatic rings. The van der Waals surface area contributed by atoms with Crippen LogP contribution in [0, 0.1) is 13.8 Å². The lowest BCUT2D eigenvalue weighted by molar-refractivity contribution is 0.0419. The second-order valence-electron chi connectivity index (χ2n) is 10.5. The van der Waals surface area contributed by atoms with E-state index in [0.29, 0.717) is 4.31 Å². The van der Waals surface area contributed by atoms with Gasteiger partial charge in [0.1, 0.15) is 17.1 Å². The average molecular weight is 571 g/mol. The van der Waals surface area contributed by atoms with Crippen LogP contribution in [0.2, 0.25) is 0 Å². The molecule has 0 saturated heterocycles. The van der Waals surface area contributed by atoms with Gasteiger partial charge in [0.15, 0.2) is 9.84 Å². The third kappa shape index (κ3) is 11.1. The zero-order valence-corrected chi connectivity index (χ0v) is 25.0. The maximum Gasteiger partial charge on any atom is 0.424 e. The maximum atomic E-state index is 12.2. The van der Waals surface area contributed by atoms with Crippen LogP contribution in [0.15, 0.2) is 58.3 Å². The lowest BCUT2D eigenvalue weighted by Crippen LogP contribution is -2.38. The number of nitrogens with zero attached hydrogens (tertiary/aromatic N) is 1. The summed E-state index contributed by atoms with van der Waals surface area (Å²) in [6, 6.07) is 12.7. The van der Waals surface area contributed by atoms with Gasteiger partial charge in [0.25, 0.3) is 10.0 Å². The Labute approximate surface area is 226 Å². The maximum absolute atomic E-state index is 12.2. The van der Waals surface area contributed by atoms with E-state index in [1.807, 2.05) is 13.8 Å². The predicted octanol–water partition coefficient (Wildman–Crippen LogP) is 4.80. The van der Waals surface area contributed by atoms with Crippen molar-refractivity contribution in [3.05, 3.63) is 59.7 Å². The molecule has 0 aliphatic carbocycles. The molecule has 2 rings (SSSR count). The van der Waals surface area contributed by atoms with Gasteiger partial charge in [0, 0.05) is 7.05 Å². The number of rotatable bonds is 5. The van der Waals surface area contributed by atoms with Crippen LogP contribution in [-0.4, -0.2) is 57.5 Å². The predicted molar refractivity (Wildman–Crippen MR) is 145 cm³/mol. The van der Waals surface area contributed by atoms with Gasteiger partial charge >= 0.3 is 12.2 Å². The van der Waals surface area contributed by atoms with E-state index in [1.54, 1.807) is 65.8 Å². The van der Waals surface area contributed by atoms with Crippen molar-refractivity contribution in [3.8, 4) is 0 Å². The third-order valence-corrected chi connectivity index (χ3v) is 7.77. The van der Waals surface area contributed by atoms with Gasteiger partial charge in [-0.25, -0.2) is 30.7 Å². The smallest absolute Gasteiger partial charge is 0.424 e. The highest BCUT2D eigenvalue weighted by atomic mass is 32.2. The minimum atomic E-state index is -3.87. The summed E-state index contributed by atoms with van der Waals surface area (Å²) in [6.07, 6.45) is -1.64. The number of benzene rings is 2. The Morgan fingerprint density at radius 2 is 1.13 bits per heavy atom. The highest BCUT2D eigenvalue weighted by molar-refractivity contribution is 7.91. The molecule has 0 saturated carbocycles. The first-order valence-corrected chi connectivity index (χ1v) is 14.8. The van der Waals surface area contributed by atoms with Crippen LogP contribution in [-0.2, 0) is 29.3 Å². The summed E-state index contributed by atoms with van der Waals surface area (Å²) < 4.78 is 58.9. The van der Waals surface area contributed by atoms with Crippen molar-refractivity contribution < 1.29 is 35.9 Å². The van der Waals surface area contributed by atoms with Gasteiger partial charge in [0.2, 0.25) is 0 Å². The van der Waals surface area contributed by atoms with Crippen LogP contribution in [0.1, 0.15) is 52.7 Å². The molecule has 10 nitrogen and oxygen atoms in total. The summed E-state index contributed by atoms with van der Waals surface area (Å²) in [7, 11) is -6.22. The van der Waals surface area contributed by atoms with Gasteiger partial charge in [-0.1, -0.05) is 35.4 Å². The van der Waals surface area contributed by atoms with Crippen molar-refractivity contribution >= 4 is 32.0 Å². The van der Waals surface area contributed by atoms with Crippen molar-refractivity contribution in [1.82, 2.24) is 9.62 Å². The van der Waals surface area contributed by atoms with E-state index >= 15 is 0 Å². The molecule has 0 aliphatic heterocycles. The molecule has 38 heavy (non-hydrogen) atoms. The largest absolute Gasteiger partial charge is 0.444 e. The number of nitrogens with one attached hydrogen (secondary N) is 1. The molecule has 0 bridgehead atoms. The lowest BCUT2D eigenvalue weighted by Gasteiger charge is -2.24. The van der Waals surface area contributed by atoms with E-state index in [4.69, 9.17) is 9.47 Å². The summed E-state index contributed by atoms with van der Waals surface area (Å²) >= 11 is 0. The van der Waals surface area contributed by atoms with E-state index in [1.165, 1.54) is 31.3 Å². The van der Waals surface area contributed by atoms with E-state index in [2.05, 4.69) is 5.32 Å². The van der Waals surface area contributed by atoms with Gasteiger partial charge in [-0.3, -0.25) is 0 Å². The summed E-state index contributed by atoms with van der Waals surface area (Å²) in [5.74, 6) is -0.481. The number of ether oxygens (including phenoxy) is 2. The molecule has 0 fully saturated rings. The van der Waals surface area contributed by atoms with E-state index in [0.717, 1.165) is 11.1 Å². The molecule has 2 aromatic carbocycles. The summed E-state index contributed by atoms with van der Waals surface area (Å²) in [4.78, 5) is 23.4. The van der Waals surface area contributed by atoms with Crippen LogP contribution in [0.4, 0.5) is 9.59 Å². The molecule has 2 amide bonds. The number of sulfone groups is 1. The number of sulfonamides is 1. The number of carbonyl (C=O) groups excluding carboxylic acids is 2. The molecule has 0 atom stereocenters. The first-order chi connectivity index (χ1) is 17.1. The second-order valence-corrected chi connectivity index (χ2v) is 14.5. The van der Waals surface area contributed by atoms with E-state index in [-0.39, 0.29) is 9.79 Å². The SMILES string of the molecule is Cc1ccc(S(=O)(=O)CNC(=O)OC(C)(C)C)cc1.Cc1ccc(S(=O)(=O)N(C)C(=O)OC(C)(C)C)cc1. The summed E-state index contributed by atoms with van der Waals surface area (Å²) in [5.41, 5.74) is 0.518. The lowest BCUT2D eigenvalue weighted by atomic mass is 10.2. The quantitative estimate of drug-likeness (QED) is 0.541. The van der Waals surface area contributed by atoms with Gasteiger partial charge in [0.05, 0.1) is 9.79 Å². The van der Waals surface area contributed by atoms with E-state index in [9.17, 15) is 26.4 Å². The fourth-order valence-corrected chi connectivity index (χ4v) is 4.64. The Hall–Kier alpha value is -3.12. The summed E-state index contributed by atoms with van der Waals surface area (Å²) in [5, 5.41) is 2.24. The molecule has 0 radical (unpaired) electrons. The summed E-state index contributed by atoms with van der Waals surface area (Å²) in [6.45, 7) is 13.9. The Kier molecular flexibility index (Phi) is 10.9. The molecule has 0 unspecified atom stereocenters. The topological polar surface area (TPSA) is 136 Å². The number of amides is 2. The van der Waals surface area contributed by atoms with Gasteiger partial charge in [-0.2, -0.15) is 0 Å². The molecule has 212 valence electrons. The van der Waals surface area contributed by atoms with Crippen LogP contribution < -0.4 is 5.32 Å². The van der Waals surface area contributed by atoms with Crippen molar-refractivity contribution in [3.63, 3.8) is 0 Å². The van der Waals surface area contributed by atoms with Gasteiger partial charge in [-0.15, -0.1) is 0 Å². The molecule has 0 spiro atoms. The van der Waals surface area contributed by atoms with Crippen molar-refractivity contribution in [2.24, 2.45) is 0 Å². The normalized spacial score (nSPS) is 12.0. The first-order valence-electron chi connectivity index (χ1n) is 11.7. The Balaban J connectivity index is 0.000000380. The van der Waals surface area contributed by atoms with Gasteiger partial charge < -0.3 is 14.8 Å². The Morgan fingerprint density at radius 1 is 0.737 bits per heavy atom. The molecular formula is C26H38N2O8S2. The molecule has 2 aromatic rings. The van der Waals surface area contributed by atoms with Crippen LogP contribution in [0.5, 0.6) is 0 Å². The zero-order valence-electron chi connectivity index (χ0n) is 23.4. The number of alkyl carbamates (subject to hydrolysis) is 1.